The molecule has 1 heterocycles. The zero-order valence-corrected chi connectivity index (χ0v) is 12.5. The lowest BCUT2D eigenvalue weighted by atomic mass is 9.95. The van der Waals surface area contributed by atoms with Gasteiger partial charge in [0.15, 0.2) is 0 Å². The molecule has 1 aromatic rings. The Bertz CT molecular complexity index is 465. The Kier molecular flexibility index (Phi) is 4.56. The van der Waals surface area contributed by atoms with Crippen molar-refractivity contribution in [2.75, 3.05) is 39.4 Å². The molecule has 0 radical (unpaired) electrons. The number of hydrogen-bond acceptors (Lipinski definition) is 3. The first-order valence-corrected chi connectivity index (χ1v) is 7.95. The SMILES string of the molecule is O=C(NCCCN1CCOCC1)C1(c2ccccc2)CC1. The van der Waals surface area contributed by atoms with Crippen molar-refractivity contribution in [3.63, 3.8) is 0 Å². The maximum Gasteiger partial charge on any atom is 0.230 e. The lowest BCUT2D eigenvalue weighted by Crippen LogP contribution is -2.39. The summed E-state index contributed by atoms with van der Waals surface area (Å²) in [6.45, 7) is 5.52. The van der Waals surface area contributed by atoms with Crippen LogP contribution in [0, 0.1) is 0 Å². The highest BCUT2D eigenvalue weighted by Crippen LogP contribution is 2.48. The summed E-state index contributed by atoms with van der Waals surface area (Å²) in [6, 6.07) is 10.2. The Morgan fingerprint density at radius 1 is 1.19 bits per heavy atom. The van der Waals surface area contributed by atoms with Crippen LogP contribution in [0.4, 0.5) is 0 Å². The molecular weight excluding hydrogens is 264 g/mol. The summed E-state index contributed by atoms with van der Waals surface area (Å²) in [5.41, 5.74) is 0.927. The number of nitrogens with zero attached hydrogens (tertiary/aromatic N) is 1. The maximum absolute atomic E-state index is 12.4. The molecule has 21 heavy (non-hydrogen) atoms. The topological polar surface area (TPSA) is 41.6 Å². The number of hydrogen-bond donors (Lipinski definition) is 1. The van der Waals surface area contributed by atoms with E-state index in [0.29, 0.717) is 0 Å². The van der Waals surface area contributed by atoms with Gasteiger partial charge < -0.3 is 10.1 Å². The smallest absolute Gasteiger partial charge is 0.230 e. The van der Waals surface area contributed by atoms with E-state index in [1.165, 1.54) is 0 Å². The first-order valence-electron chi connectivity index (χ1n) is 7.95. The van der Waals surface area contributed by atoms with Crippen molar-refractivity contribution in [1.29, 1.82) is 0 Å². The summed E-state index contributed by atoms with van der Waals surface area (Å²) < 4.78 is 5.33. The quantitative estimate of drug-likeness (QED) is 0.808. The van der Waals surface area contributed by atoms with E-state index < -0.39 is 0 Å². The molecule has 0 atom stereocenters. The summed E-state index contributed by atoms with van der Waals surface area (Å²) in [7, 11) is 0. The van der Waals surface area contributed by atoms with Gasteiger partial charge >= 0.3 is 0 Å². The number of ether oxygens (including phenoxy) is 1. The minimum absolute atomic E-state index is 0.204. The van der Waals surface area contributed by atoms with Crippen molar-refractivity contribution in [2.45, 2.75) is 24.7 Å². The third kappa shape index (κ3) is 3.44. The first kappa shape index (κ1) is 14.5. The van der Waals surface area contributed by atoms with Crippen molar-refractivity contribution < 1.29 is 9.53 Å². The van der Waals surface area contributed by atoms with Crippen molar-refractivity contribution in [3.8, 4) is 0 Å². The molecule has 1 saturated carbocycles. The van der Waals surface area contributed by atoms with Gasteiger partial charge in [0.05, 0.1) is 18.6 Å². The van der Waals surface area contributed by atoms with Gasteiger partial charge in [-0.15, -0.1) is 0 Å². The molecule has 1 aromatic carbocycles. The molecule has 4 heteroatoms. The fraction of sp³-hybridized carbons (Fsp3) is 0.588. The Hall–Kier alpha value is -1.39. The van der Waals surface area contributed by atoms with Gasteiger partial charge in [0.25, 0.3) is 0 Å². The average Bonchev–Trinajstić information content (AvgIpc) is 3.35. The highest BCUT2D eigenvalue weighted by atomic mass is 16.5. The molecule has 2 aliphatic rings. The van der Waals surface area contributed by atoms with Crippen LogP contribution in [-0.4, -0.2) is 50.2 Å². The molecule has 1 aliphatic heterocycles. The third-order valence-corrected chi connectivity index (χ3v) is 4.55. The van der Waals surface area contributed by atoms with Crippen LogP contribution in [0.25, 0.3) is 0 Å². The summed E-state index contributed by atoms with van der Waals surface area (Å²) in [4.78, 5) is 14.8. The molecule has 0 aromatic heterocycles. The molecule has 2 fully saturated rings. The minimum Gasteiger partial charge on any atom is -0.379 e. The van der Waals surface area contributed by atoms with Gasteiger partial charge in [-0.05, 0) is 31.4 Å². The zero-order chi connectivity index (χ0) is 14.5. The van der Waals surface area contributed by atoms with Crippen LogP contribution in [0.2, 0.25) is 0 Å². The largest absolute Gasteiger partial charge is 0.379 e. The normalized spacial score (nSPS) is 21.0. The highest BCUT2D eigenvalue weighted by Gasteiger charge is 2.50. The van der Waals surface area contributed by atoms with Crippen molar-refractivity contribution in [2.24, 2.45) is 0 Å². The van der Waals surface area contributed by atoms with E-state index in [2.05, 4.69) is 22.3 Å². The molecule has 1 N–H and O–H groups in total. The second kappa shape index (κ2) is 6.58. The van der Waals surface area contributed by atoms with E-state index >= 15 is 0 Å². The fourth-order valence-electron chi connectivity index (χ4n) is 3.03. The van der Waals surface area contributed by atoms with Gasteiger partial charge in [-0.1, -0.05) is 30.3 Å². The molecule has 4 nitrogen and oxygen atoms in total. The van der Waals surface area contributed by atoms with Gasteiger partial charge in [-0.25, -0.2) is 0 Å². The van der Waals surface area contributed by atoms with Crippen molar-refractivity contribution in [3.05, 3.63) is 35.9 Å². The molecule has 1 aliphatic carbocycles. The van der Waals surface area contributed by atoms with Crippen molar-refractivity contribution in [1.82, 2.24) is 10.2 Å². The van der Waals surface area contributed by atoms with Gasteiger partial charge in [0.1, 0.15) is 0 Å². The van der Waals surface area contributed by atoms with Crippen LogP contribution >= 0.6 is 0 Å². The molecule has 1 amide bonds. The number of benzene rings is 1. The van der Waals surface area contributed by atoms with Crippen LogP contribution in [-0.2, 0) is 14.9 Å². The Morgan fingerprint density at radius 3 is 2.57 bits per heavy atom. The zero-order valence-electron chi connectivity index (χ0n) is 12.5. The predicted molar refractivity (Wildman–Crippen MR) is 82.2 cm³/mol. The van der Waals surface area contributed by atoms with Crippen LogP contribution in [0.1, 0.15) is 24.8 Å². The monoisotopic (exact) mass is 288 g/mol. The third-order valence-electron chi connectivity index (χ3n) is 4.55. The van der Waals surface area contributed by atoms with E-state index in [-0.39, 0.29) is 11.3 Å². The van der Waals surface area contributed by atoms with E-state index in [9.17, 15) is 4.79 Å². The van der Waals surface area contributed by atoms with E-state index in [4.69, 9.17) is 4.74 Å². The van der Waals surface area contributed by atoms with Crippen LogP contribution < -0.4 is 5.32 Å². The Labute approximate surface area is 126 Å². The molecule has 3 rings (SSSR count). The second-order valence-electron chi connectivity index (χ2n) is 6.01. The van der Waals surface area contributed by atoms with E-state index in [1.54, 1.807) is 0 Å². The lowest BCUT2D eigenvalue weighted by molar-refractivity contribution is -0.123. The Morgan fingerprint density at radius 2 is 1.90 bits per heavy atom. The van der Waals surface area contributed by atoms with Crippen LogP contribution in [0.15, 0.2) is 30.3 Å². The van der Waals surface area contributed by atoms with Crippen molar-refractivity contribution >= 4 is 5.91 Å². The minimum atomic E-state index is -0.236. The summed E-state index contributed by atoms with van der Waals surface area (Å²) in [6.07, 6.45) is 2.97. The molecule has 114 valence electrons. The van der Waals surface area contributed by atoms with Gasteiger partial charge in [0.2, 0.25) is 5.91 Å². The lowest BCUT2D eigenvalue weighted by Gasteiger charge is -2.26. The van der Waals surface area contributed by atoms with Gasteiger partial charge in [0, 0.05) is 19.6 Å². The first-order chi connectivity index (χ1) is 10.3. The summed E-state index contributed by atoms with van der Waals surface area (Å²) >= 11 is 0. The average molecular weight is 288 g/mol. The second-order valence-corrected chi connectivity index (χ2v) is 6.01. The molecule has 0 bridgehead atoms. The number of morpholine rings is 1. The fourth-order valence-corrected chi connectivity index (χ4v) is 3.03. The number of rotatable bonds is 6. The predicted octanol–water partition coefficient (Wildman–Crippen LogP) is 1.56. The molecule has 0 unspecified atom stereocenters. The van der Waals surface area contributed by atoms with Gasteiger partial charge in [-0.3, -0.25) is 9.69 Å². The molecule has 1 saturated heterocycles. The number of carbonyl (C=O) groups is 1. The number of nitrogens with one attached hydrogen (secondary N) is 1. The van der Waals surface area contributed by atoms with E-state index in [1.807, 2.05) is 18.2 Å². The van der Waals surface area contributed by atoms with E-state index in [0.717, 1.165) is 64.2 Å². The molecular formula is C17H24N2O2. The van der Waals surface area contributed by atoms with Crippen LogP contribution in [0.5, 0.6) is 0 Å². The summed E-state index contributed by atoms with van der Waals surface area (Å²) in [5.74, 6) is 0.204. The van der Waals surface area contributed by atoms with Gasteiger partial charge in [-0.2, -0.15) is 0 Å². The Balaban J connectivity index is 1.42. The number of carbonyl (C=O) groups excluding carboxylic acids is 1. The summed E-state index contributed by atoms with van der Waals surface area (Å²) in [5, 5.41) is 3.13. The number of amides is 1. The standard InChI is InChI=1S/C17H24N2O2/c20-16(17(7-8-17)15-5-2-1-3-6-15)18-9-4-10-19-11-13-21-14-12-19/h1-3,5-6H,4,7-14H2,(H,18,20). The van der Waals surface area contributed by atoms with Crippen LogP contribution in [0.3, 0.4) is 0 Å². The highest BCUT2D eigenvalue weighted by molar-refractivity contribution is 5.91. The molecule has 0 spiro atoms. The maximum atomic E-state index is 12.4.